The van der Waals surface area contributed by atoms with E-state index in [2.05, 4.69) is 11.8 Å². The Morgan fingerprint density at radius 2 is 1.54 bits per heavy atom. The first kappa shape index (κ1) is 21.5. The summed E-state index contributed by atoms with van der Waals surface area (Å²) in [4.78, 5) is 31.5. The summed E-state index contributed by atoms with van der Waals surface area (Å²) in [6, 6.07) is 0.335. The number of likely N-dealkylation sites (tertiary alicyclic amines) is 1. The summed E-state index contributed by atoms with van der Waals surface area (Å²) >= 11 is 0. The number of sulfonamides is 1. The van der Waals surface area contributed by atoms with Gasteiger partial charge in [-0.25, -0.2) is 12.7 Å². The molecule has 0 saturated carbocycles. The van der Waals surface area contributed by atoms with Crippen molar-refractivity contribution in [3.8, 4) is 0 Å². The third-order valence-corrected chi connectivity index (χ3v) is 7.74. The molecule has 0 aromatic carbocycles. The number of piperidine rings is 2. The van der Waals surface area contributed by atoms with Crippen LogP contribution in [0.2, 0.25) is 0 Å². The summed E-state index contributed by atoms with van der Waals surface area (Å²) < 4.78 is 24.7. The molecule has 3 rings (SSSR count). The molecule has 3 heterocycles. The fourth-order valence-corrected chi connectivity index (χ4v) is 5.44. The molecule has 160 valence electrons. The van der Waals surface area contributed by atoms with Crippen molar-refractivity contribution in [3.63, 3.8) is 0 Å². The van der Waals surface area contributed by atoms with Crippen molar-refractivity contribution >= 4 is 21.8 Å². The minimum Gasteiger partial charge on any atom is -0.340 e. The Morgan fingerprint density at radius 1 is 0.893 bits per heavy atom. The van der Waals surface area contributed by atoms with Crippen LogP contribution >= 0.6 is 0 Å². The predicted octanol–water partition coefficient (Wildman–Crippen LogP) is 0.203. The minimum absolute atomic E-state index is 0.0830. The quantitative estimate of drug-likeness (QED) is 0.657. The smallest absolute Gasteiger partial charge is 0.236 e. The molecule has 0 aromatic rings. The van der Waals surface area contributed by atoms with Crippen molar-refractivity contribution in [1.82, 2.24) is 19.0 Å². The van der Waals surface area contributed by atoms with Crippen LogP contribution in [-0.4, -0.2) is 104 Å². The minimum atomic E-state index is -3.17. The summed E-state index contributed by atoms with van der Waals surface area (Å²) in [6.07, 6.45) is 5.80. The summed E-state index contributed by atoms with van der Waals surface area (Å²) in [5.41, 5.74) is 0. The Labute approximate surface area is 168 Å². The molecule has 3 fully saturated rings. The molecule has 0 N–H and O–H groups in total. The highest BCUT2D eigenvalue weighted by atomic mass is 32.2. The van der Waals surface area contributed by atoms with E-state index in [4.69, 9.17) is 0 Å². The van der Waals surface area contributed by atoms with Gasteiger partial charge in [-0.05, 0) is 39.0 Å². The largest absolute Gasteiger partial charge is 0.340 e. The van der Waals surface area contributed by atoms with Gasteiger partial charge in [-0.2, -0.15) is 0 Å². The Balaban J connectivity index is 1.42. The maximum atomic E-state index is 12.8. The Kier molecular flexibility index (Phi) is 6.98. The van der Waals surface area contributed by atoms with E-state index in [0.29, 0.717) is 51.6 Å². The molecule has 1 unspecified atom stereocenters. The van der Waals surface area contributed by atoms with Gasteiger partial charge in [0.25, 0.3) is 0 Å². The van der Waals surface area contributed by atoms with E-state index in [-0.39, 0.29) is 17.7 Å². The fourth-order valence-electron chi connectivity index (χ4n) is 4.57. The molecule has 9 heteroatoms. The lowest BCUT2D eigenvalue weighted by molar-refractivity contribution is -0.140. The highest BCUT2D eigenvalue weighted by molar-refractivity contribution is 7.88. The van der Waals surface area contributed by atoms with Crippen LogP contribution in [-0.2, 0) is 19.6 Å². The molecule has 3 saturated heterocycles. The molecule has 3 aliphatic heterocycles. The predicted molar refractivity (Wildman–Crippen MR) is 107 cm³/mol. The molecule has 28 heavy (non-hydrogen) atoms. The third kappa shape index (κ3) is 5.24. The first-order valence-corrected chi connectivity index (χ1v) is 12.4. The van der Waals surface area contributed by atoms with E-state index in [9.17, 15) is 18.0 Å². The highest BCUT2D eigenvalue weighted by Crippen LogP contribution is 2.22. The normalized spacial score (nSPS) is 26.4. The molecule has 0 aliphatic carbocycles. The van der Waals surface area contributed by atoms with Crippen molar-refractivity contribution in [1.29, 1.82) is 0 Å². The van der Waals surface area contributed by atoms with Crippen LogP contribution in [0.1, 0.15) is 39.0 Å². The van der Waals surface area contributed by atoms with Crippen molar-refractivity contribution < 1.29 is 18.0 Å². The average Bonchev–Trinajstić information content (AvgIpc) is 2.68. The van der Waals surface area contributed by atoms with Gasteiger partial charge in [-0.3, -0.25) is 14.5 Å². The molecule has 8 nitrogen and oxygen atoms in total. The second-order valence-electron chi connectivity index (χ2n) is 8.47. The van der Waals surface area contributed by atoms with E-state index in [1.54, 1.807) is 0 Å². The van der Waals surface area contributed by atoms with Crippen molar-refractivity contribution in [2.75, 3.05) is 58.6 Å². The number of carbonyl (C=O) groups excluding carboxylic acids is 2. The van der Waals surface area contributed by atoms with Gasteiger partial charge in [0.15, 0.2) is 0 Å². The lowest BCUT2D eigenvalue weighted by Gasteiger charge is -2.39. The van der Waals surface area contributed by atoms with E-state index >= 15 is 0 Å². The third-order valence-electron chi connectivity index (χ3n) is 6.44. The average molecular weight is 415 g/mol. The maximum Gasteiger partial charge on any atom is 0.236 e. The lowest BCUT2D eigenvalue weighted by Crippen LogP contribution is -2.54. The summed E-state index contributed by atoms with van der Waals surface area (Å²) in [7, 11) is -3.17. The monoisotopic (exact) mass is 414 g/mol. The molecule has 2 amide bonds. The van der Waals surface area contributed by atoms with Gasteiger partial charge in [0, 0.05) is 57.8 Å². The molecular weight excluding hydrogens is 380 g/mol. The van der Waals surface area contributed by atoms with Crippen LogP contribution in [0.3, 0.4) is 0 Å². The number of carbonyl (C=O) groups is 2. The van der Waals surface area contributed by atoms with Crippen LogP contribution in [0.4, 0.5) is 0 Å². The zero-order valence-electron chi connectivity index (χ0n) is 17.2. The van der Waals surface area contributed by atoms with E-state index < -0.39 is 10.0 Å². The molecule has 1 atom stereocenters. The Morgan fingerprint density at radius 3 is 2.11 bits per heavy atom. The Hall–Kier alpha value is -1.19. The first-order valence-electron chi connectivity index (χ1n) is 10.5. The lowest BCUT2D eigenvalue weighted by atomic mass is 9.96. The van der Waals surface area contributed by atoms with Crippen LogP contribution in [0, 0.1) is 5.92 Å². The van der Waals surface area contributed by atoms with E-state index in [1.807, 2.05) is 9.80 Å². The number of hydrogen-bond donors (Lipinski definition) is 0. The van der Waals surface area contributed by atoms with E-state index in [0.717, 1.165) is 32.5 Å². The number of rotatable bonds is 4. The highest BCUT2D eigenvalue weighted by Gasteiger charge is 2.33. The van der Waals surface area contributed by atoms with Crippen LogP contribution in [0.25, 0.3) is 0 Å². The summed E-state index contributed by atoms with van der Waals surface area (Å²) in [6.45, 7) is 7.04. The van der Waals surface area contributed by atoms with Gasteiger partial charge >= 0.3 is 0 Å². The Bertz CT molecular complexity index is 667. The number of nitrogens with zero attached hydrogens (tertiary/aromatic N) is 4. The second kappa shape index (κ2) is 9.09. The van der Waals surface area contributed by atoms with Gasteiger partial charge in [0.1, 0.15) is 0 Å². The zero-order chi connectivity index (χ0) is 20.3. The molecule has 0 bridgehead atoms. The standard InChI is InChI=1S/C19H34N4O4S/c1-16-5-3-4-8-23(16)18(24)15-20-11-13-21(14-12-20)19(25)17-6-9-22(10-7-17)28(2,26)27/h16-17H,3-15H2,1-2H3. The number of hydrogen-bond acceptors (Lipinski definition) is 5. The van der Waals surface area contributed by atoms with Gasteiger partial charge in [-0.15, -0.1) is 0 Å². The molecule has 3 aliphatic rings. The topological polar surface area (TPSA) is 81.2 Å². The summed E-state index contributed by atoms with van der Waals surface area (Å²) in [5, 5.41) is 0. The van der Waals surface area contributed by atoms with Gasteiger partial charge in [0.2, 0.25) is 21.8 Å². The molecule has 0 spiro atoms. The van der Waals surface area contributed by atoms with Gasteiger partial charge < -0.3 is 9.80 Å². The van der Waals surface area contributed by atoms with Gasteiger partial charge in [0.05, 0.1) is 12.8 Å². The zero-order valence-corrected chi connectivity index (χ0v) is 18.0. The van der Waals surface area contributed by atoms with Crippen LogP contribution in [0.5, 0.6) is 0 Å². The first-order chi connectivity index (χ1) is 13.3. The van der Waals surface area contributed by atoms with Gasteiger partial charge in [-0.1, -0.05) is 0 Å². The maximum absolute atomic E-state index is 12.8. The number of amides is 2. The van der Waals surface area contributed by atoms with Crippen molar-refractivity contribution in [2.24, 2.45) is 5.92 Å². The number of piperazine rings is 1. The van der Waals surface area contributed by atoms with Crippen LogP contribution in [0.15, 0.2) is 0 Å². The van der Waals surface area contributed by atoms with Crippen LogP contribution < -0.4 is 0 Å². The summed E-state index contributed by atoms with van der Waals surface area (Å²) in [5.74, 6) is 0.268. The van der Waals surface area contributed by atoms with Crippen molar-refractivity contribution in [2.45, 2.75) is 45.1 Å². The SMILES string of the molecule is CC1CCCCN1C(=O)CN1CCN(C(=O)C2CCN(S(C)(=O)=O)CC2)CC1. The second-order valence-corrected chi connectivity index (χ2v) is 10.5. The molecule has 0 radical (unpaired) electrons. The molecular formula is C19H34N4O4S. The van der Waals surface area contributed by atoms with E-state index in [1.165, 1.54) is 17.0 Å². The fraction of sp³-hybridized carbons (Fsp3) is 0.895. The van der Waals surface area contributed by atoms with Crippen molar-refractivity contribution in [3.05, 3.63) is 0 Å². The molecule has 0 aromatic heterocycles.